The number of amides is 1. The molecule has 0 saturated carbocycles. The summed E-state index contributed by atoms with van der Waals surface area (Å²) >= 11 is 6.09. The van der Waals surface area contributed by atoms with Gasteiger partial charge in [-0.15, -0.1) is 0 Å². The van der Waals surface area contributed by atoms with Crippen LogP contribution in [0.15, 0.2) is 47.0 Å². The van der Waals surface area contributed by atoms with E-state index in [1.54, 1.807) is 24.0 Å². The minimum Gasteiger partial charge on any atom is -0.439 e. The second kappa shape index (κ2) is 8.30. The maximum absolute atomic E-state index is 13.2. The third-order valence-corrected chi connectivity index (χ3v) is 4.70. The summed E-state index contributed by atoms with van der Waals surface area (Å²) in [5, 5.41) is 6.64. The number of alkyl halides is 3. The highest BCUT2D eigenvalue weighted by molar-refractivity contribution is 6.31. The minimum absolute atomic E-state index is 0.00506. The summed E-state index contributed by atoms with van der Waals surface area (Å²) in [6.45, 7) is -0.0546. The van der Waals surface area contributed by atoms with Gasteiger partial charge >= 0.3 is 6.18 Å². The van der Waals surface area contributed by atoms with Crippen molar-refractivity contribution in [2.24, 2.45) is 12.8 Å². The van der Waals surface area contributed by atoms with Crippen molar-refractivity contribution < 1.29 is 22.4 Å². The average molecular weight is 427 g/mol. The van der Waals surface area contributed by atoms with E-state index in [4.69, 9.17) is 21.8 Å². The molecule has 1 atom stereocenters. The molecule has 2 aromatic heterocycles. The lowest BCUT2D eigenvalue weighted by atomic mass is 9.99. The van der Waals surface area contributed by atoms with E-state index < -0.39 is 23.7 Å². The van der Waals surface area contributed by atoms with Gasteiger partial charge in [0.05, 0.1) is 16.8 Å². The van der Waals surface area contributed by atoms with Crippen molar-refractivity contribution in [3.8, 4) is 11.3 Å². The molecular weight excluding hydrogens is 409 g/mol. The molecule has 6 nitrogen and oxygen atoms in total. The van der Waals surface area contributed by atoms with E-state index in [9.17, 15) is 18.0 Å². The first-order valence-electron chi connectivity index (χ1n) is 8.64. The van der Waals surface area contributed by atoms with Crippen LogP contribution in [0.4, 0.5) is 13.2 Å². The molecule has 0 spiro atoms. The largest absolute Gasteiger partial charge is 0.439 e. The molecule has 3 rings (SSSR count). The predicted molar refractivity (Wildman–Crippen MR) is 101 cm³/mol. The summed E-state index contributed by atoms with van der Waals surface area (Å²) < 4.78 is 46.5. The number of nitrogens with one attached hydrogen (secondary N) is 1. The quantitative estimate of drug-likeness (QED) is 0.630. The van der Waals surface area contributed by atoms with Crippen molar-refractivity contribution >= 4 is 17.5 Å². The molecule has 10 heteroatoms. The van der Waals surface area contributed by atoms with Crippen molar-refractivity contribution in [2.45, 2.75) is 18.6 Å². The van der Waals surface area contributed by atoms with Crippen LogP contribution in [0.1, 0.15) is 21.7 Å². The Morgan fingerprint density at radius 2 is 2.07 bits per heavy atom. The van der Waals surface area contributed by atoms with Crippen molar-refractivity contribution in [3.63, 3.8) is 0 Å². The molecule has 0 saturated heterocycles. The van der Waals surface area contributed by atoms with Crippen molar-refractivity contribution in [2.75, 3.05) is 6.54 Å². The SMILES string of the molecule is Cn1nccc1-c1cc(C(=O)N[C@H](CN)Cc2ccccc2C(F)(F)F)oc1Cl. The van der Waals surface area contributed by atoms with Gasteiger partial charge in [-0.05, 0) is 35.7 Å². The van der Waals surface area contributed by atoms with E-state index in [0.717, 1.165) is 6.07 Å². The molecule has 0 aliphatic carbocycles. The molecule has 154 valence electrons. The second-order valence-corrected chi connectivity index (χ2v) is 6.75. The first-order valence-corrected chi connectivity index (χ1v) is 9.02. The van der Waals surface area contributed by atoms with Gasteiger partial charge in [-0.25, -0.2) is 0 Å². The molecule has 2 heterocycles. The van der Waals surface area contributed by atoms with Gasteiger partial charge in [0.15, 0.2) is 5.76 Å². The highest BCUT2D eigenvalue weighted by atomic mass is 35.5. The van der Waals surface area contributed by atoms with Crippen LogP contribution >= 0.6 is 11.6 Å². The molecule has 0 fully saturated rings. The lowest BCUT2D eigenvalue weighted by Gasteiger charge is -2.19. The number of aryl methyl sites for hydroxylation is 1. The Labute approximate surface area is 169 Å². The number of benzene rings is 1. The molecule has 0 unspecified atom stereocenters. The van der Waals surface area contributed by atoms with Crippen molar-refractivity contribution in [1.82, 2.24) is 15.1 Å². The van der Waals surface area contributed by atoms with Crippen LogP contribution in [0.25, 0.3) is 11.3 Å². The normalized spacial score (nSPS) is 12.8. The molecule has 0 radical (unpaired) electrons. The van der Waals surface area contributed by atoms with Crippen LogP contribution in [-0.4, -0.2) is 28.3 Å². The zero-order valence-corrected chi connectivity index (χ0v) is 16.1. The average Bonchev–Trinajstić information content (AvgIpc) is 3.25. The number of carbonyl (C=O) groups is 1. The zero-order chi connectivity index (χ0) is 21.2. The van der Waals surface area contributed by atoms with Crippen LogP contribution < -0.4 is 11.1 Å². The molecule has 3 N–H and O–H groups in total. The summed E-state index contributed by atoms with van der Waals surface area (Å²) in [6.07, 6.45) is -3.01. The highest BCUT2D eigenvalue weighted by Crippen LogP contribution is 2.33. The number of rotatable bonds is 6. The van der Waals surface area contributed by atoms with Gasteiger partial charge in [0.2, 0.25) is 5.22 Å². The fourth-order valence-electron chi connectivity index (χ4n) is 2.98. The lowest BCUT2D eigenvalue weighted by Crippen LogP contribution is -2.42. The van der Waals surface area contributed by atoms with Gasteiger partial charge in [-0.2, -0.15) is 18.3 Å². The number of carbonyl (C=O) groups excluding carboxylic acids is 1. The van der Waals surface area contributed by atoms with Crippen molar-refractivity contribution in [1.29, 1.82) is 0 Å². The summed E-state index contributed by atoms with van der Waals surface area (Å²) in [5.74, 6) is -0.700. The Morgan fingerprint density at radius 1 is 1.34 bits per heavy atom. The van der Waals surface area contributed by atoms with Gasteiger partial charge in [-0.1, -0.05) is 18.2 Å². The van der Waals surface area contributed by atoms with E-state index in [-0.39, 0.29) is 29.5 Å². The molecule has 0 aliphatic rings. The molecule has 1 aromatic carbocycles. The standard InChI is InChI=1S/C19H18ClF3N4O2/c1-27-15(6-7-25-27)13-9-16(29-17(13)20)18(28)26-12(10-24)8-11-4-2-3-5-14(11)19(21,22)23/h2-7,9,12H,8,10,24H2,1H3,(H,26,28)/t12-/m0/s1. The van der Waals surface area contributed by atoms with E-state index in [1.807, 2.05) is 0 Å². The predicted octanol–water partition coefficient (Wildman–Crippen LogP) is 3.65. The topological polar surface area (TPSA) is 86.1 Å². The lowest BCUT2D eigenvalue weighted by molar-refractivity contribution is -0.138. The summed E-state index contributed by atoms with van der Waals surface area (Å²) in [7, 11) is 1.71. The van der Waals surface area contributed by atoms with Crippen LogP contribution in [0.2, 0.25) is 5.22 Å². The molecule has 0 bridgehead atoms. The number of nitrogens with two attached hydrogens (primary N) is 1. The number of nitrogens with zero attached hydrogens (tertiary/aromatic N) is 2. The molecular formula is C19H18ClF3N4O2. The molecule has 3 aromatic rings. The van der Waals surface area contributed by atoms with E-state index >= 15 is 0 Å². The Kier molecular flexibility index (Phi) is 5.99. The molecule has 0 aliphatic heterocycles. The second-order valence-electron chi connectivity index (χ2n) is 6.40. The van der Waals surface area contributed by atoms with Gasteiger partial charge in [0.25, 0.3) is 5.91 Å². The van der Waals surface area contributed by atoms with Gasteiger partial charge < -0.3 is 15.5 Å². The van der Waals surface area contributed by atoms with Crippen LogP contribution in [0.5, 0.6) is 0 Å². The van der Waals surface area contributed by atoms with Crippen LogP contribution in [0.3, 0.4) is 0 Å². The van der Waals surface area contributed by atoms with E-state index in [1.165, 1.54) is 24.3 Å². The first-order chi connectivity index (χ1) is 13.7. The van der Waals surface area contributed by atoms with Gasteiger partial charge in [-0.3, -0.25) is 9.48 Å². The molecule has 29 heavy (non-hydrogen) atoms. The molecule has 1 amide bonds. The van der Waals surface area contributed by atoms with Crippen LogP contribution in [-0.2, 0) is 19.6 Å². The first kappa shape index (κ1) is 20.9. The minimum atomic E-state index is -4.49. The summed E-state index contributed by atoms with van der Waals surface area (Å²) in [6, 6.07) is 7.61. The summed E-state index contributed by atoms with van der Waals surface area (Å²) in [4.78, 5) is 12.5. The van der Waals surface area contributed by atoms with Crippen molar-refractivity contribution in [3.05, 3.63) is 64.7 Å². The van der Waals surface area contributed by atoms with Gasteiger partial charge in [0.1, 0.15) is 0 Å². The Morgan fingerprint density at radius 3 is 2.69 bits per heavy atom. The Bertz CT molecular complexity index is 1010. The number of furan rings is 1. The highest BCUT2D eigenvalue weighted by Gasteiger charge is 2.33. The number of hydrogen-bond acceptors (Lipinski definition) is 4. The monoisotopic (exact) mass is 426 g/mol. The van der Waals surface area contributed by atoms with Gasteiger partial charge in [0, 0.05) is 31.9 Å². The summed E-state index contributed by atoms with van der Waals surface area (Å²) in [5.41, 5.74) is 6.08. The Balaban J connectivity index is 1.77. The zero-order valence-electron chi connectivity index (χ0n) is 15.3. The third-order valence-electron chi connectivity index (χ3n) is 4.42. The fraction of sp³-hybridized carbons (Fsp3) is 0.263. The maximum atomic E-state index is 13.2. The smallest absolute Gasteiger partial charge is 0.416 e. The number of hydrogen-bond donors (Lipinski definition) is 2. The fourth-order valence-corrected chi connectivity index (χ4v) is 3.22. The number of halogens is 4. The van der Waals surface area contributed by atoms with E-state index in [0.29, 0.717) is 11.3 Å². The number of aromatic nitrogens is 2. The van der Waals surface area contributed by atoms with Crippen LogP contribution in [0, 0.1) is 0 Å². The third kappa shape index (κ3) is 4.63. The maximum Gasteiger partial charge on any atom is 0.416 e. The van der Waals surface area contributed by atoms with E-state index in [2.05, 4.69) is 10.4 Å². The Hall–Kier alpha value is -2.78.